The molecule has 106 valence electrons. The van der Waals surface area contributed by atoms with E-state index in [0.29, 0.717) is 11.3 Å². The van der Waals surface area contributed by atoms with Crippen LogP contribution in [-0.2, 0) is 14.6 Å². The maximum absolute atomic E-state index is 11.7. The maximum atomic E-state index is 11.7. The zero-order valence-electron chi connectivity index (χ0n) is 10.9. The highest BCUT2D eigenvalue weighted by Crippen LogP contribution is 2.62. The van der Waals surface area contributed by atoms with E-state index in [4.69, 9.17) is 4.74 Å². The van der Waals surface area contributed by atoms with Gasteiger partial charge in [-0.05, 0) is 17.7 Å². The van der Waals surface area contributed by atoms with Gasteiger partial charge in [0.15, 0.2) is 15.3 Å². The second-order valence-corrected chi connectivity index (χ2v) is 6.95. The van der Waals surface area contributed by atoms with Crippen molar-refractivity contribution in [3.8, 4) is 11.8 Å². The number of carbonyl (C=O) groups is 1. The fourth-order valence-electron chi connectivity index (χ4n) is 2.63. The van der Waals surface area contributed by atoms with Gasteiger partial charge in [-0.3, -0.25) is 4.79 Å². The molecule has 1 aromatic carbocycles. The third kappa shape index (κ3) is 1.93. The molecule has 0 heterocycles. The minimum atomic E-state index is -3.64. The number of aliphatic carboxylic acids is 1. The molecular formula is C13H13NO5S. The number of hydrogen-bond donors (Lipinski definition) is 1. The molecule has 1 aliphatic rings. The minimum Gasteiger partial charge on any atom is -0.497 e. The summed E-state index contributed by atoms with van der Waals surface area (Å²) in [7, 11) is -2.15. The zero-order valence-corrected chi connectivity index (χ0v) is 11.7. The molecule has 1 N–H and O–H groups in total. The molecular weight excluding hydrogens is 282 g/mol. The molecule has 1 aromatic rings. The van der Waals surface area contributed by atoms with Crippen LogP contribution in [0.1, 0.15) is 11.5 Å². The summed E-state index contributed by atoms with van der Waals surface area (Å²) in [5.74, 6) is -1.69. The quantitative estimate of drug-likeness (QED) is 0.881. The van der Waals surface area contributed by atoms with Crippen LogP contribution < -0.4 is 4.74 Å². The first-order valence-electron chi connectivity index (χ1n) is 5.76. The van der Waals surface area contributed by atoms with E-state index in [2.05, 4.69) is 0 Å². The van der Waals surface area contributed by atoms with Gasteiger partial charge in [0.2, 0.25) is 0 Å². The number of rotatable bonds is 4. The fourth-order valence-corrected chi connectivity index (χ4v) is 4.39. The number of ether oxygens (including phenoxy) is 1. The lowest BCUT2D eigenvalue weighted by molar-refractivity contribution is -0.141. The normalized spacial score (nSPS) is 28.4. The number of hydrogen-bond acceptors (Lipinski definition) is 5. The zero-order chi connectivity index (χ0) is 15.1. The largest absolute Gasteiger partial charge is 0.497 e. The lowest BCUT2D eigenvalue weighted by Crippen LogP contribution is -2.21. The van der Waals surface area contributed by atoms with Crippen LogP contribution in [-0.4, -0.2) is 38.1 Å². The van der Waals surface area contributed by atoms with Crippen LogP contribution in [0, 0.1) is 16.7 Å². The molecule has 0 bridgehead atoms. The first-order chi connectivity index (χ1) is 9.29. The summed E-state index contributed by atoms with van der Waals surface area (Å²) in [6.07, 6.45) is 0.955. The van der Waals surface area contributed by atoms with E-state index in [1.807, 2.05) is 0 Å². The molecule has 7 heteroatoms. The van der Waals surface area contributed by atoms with Crippen LogP contribution >= 0.6 is 0 Å². The van der Waals surface area contributed by atoms with Gasteiger partial charge in [0, 0.05) is 12.2 Å². The van der Waals surface area contributed by atoms with E-state index in [-0.39, 0.29) is 0 Å². The Kier molecular flexibility index (Phi) is 3.22. The molecule has 0 aliphatic heterocycles. The van der Waals surface area contributed by atoms with Gasteiger partial charge in [-0.25, -0.2) is 8.42 Å². The van der Waals surface area contributed by atoms with E-state index >= 15 is 0 Å². The Morgan fingerprint density at radius 3 is 2.25 bits per heavy atom. The van der Waals surface area contributed by atoms with Crippen LogP contribution in [0.5, 0.6) is 5.75 Å². The van der Waals surface area contributed by atoms with Crippen LogP contribution in [0.3, 0.4) is 0 Å². The van der Waals surface area contributed by atoms with Crippen molar-refractivity contribution in [1.82, 2.24) is 0 Å². The molecule has 1 aliphatic carbocycles. The fraction of sp³-hybridized carbons (Fsp3) is 0.385. The molecule has 0 saturated heterocycles. The van der Waals surface area contributed by atoms with Gasteiger partial charge in [0.25, 0.3) is 0 Å². The van der Waals surface area contributed by atoms with Crippen LogP contribution in [0.4, 0.5) is 0 Å². The van der Waals surface area contributed by atoms with Gasteiger partial charge < -0.3 is 9.84 Å². The van der Waals surface area contributed by atoms with Crippen LogP contribution in [0.25, 0.3) is 0 Å². The Hall–Kier alpha value is -2.07. The average Bonchev–Trinajstić information content (AvgIpc) is 3.09. The number of sulfone groups is 1. The Morgan fingerprint density at radius 1 is 1.40 bits per heavy atom. The van der Waals surface area contributed by atoms with Crippen LogP contribution in [0.15, 0.2) is 24.3 Å². The number of benzene rings is 1. The lowest BCUT2D eigenvalue weighted by Gasteiger charge is -2.03. The summed E-state index contributed by atoms with van der Waals surface area (Å²) in [4.78, 5) is 11.4. The van der Waals surface area contributed by atoms with E-state index in [1.165, 1.54) is 7.11 Å². The summed E-state index contributed by atoms with van der Waals surface area (Å²) in [6, 6.07) is 8.07. The highest BCUT2D eigenvalue weighted by Gasteiger charge is 2.76. The van der Waals surface area contributed by atoms with Crippen molar-refractivity contribution < 1.29 is 23.1 Å². The first kappa shape index (κ1) is 14.3. The smallest absolute Gasteiger partial charge is 0.326 e. The average molecular weight is 295 g/mol. The highest BCUT2D eigenvalue weighted by molar-refractivity contribution is 7.91. The predicted octanol–water partition coefficient (Wildman–Crippen LogP) is 0.800. The molecule has 3 atom stereocenters. The maximum Gasteiger partial charge on any atom is 0.326 e. The van der Waals surface area contributed by atoms with E-state index in [9.17, 15) is 23.6 Å². The molecule has 0 aromatic heterocycles. The number of carboxylic acid groups (broad SMARTS) is 1. The third-order valence-corrected chi connectivity index (χ3v) is 5.17. The predicted molar refractivity (Wildman–Crippen MR) is 70.0 cm³/mol. The number of carboxylic acids is 1. The van der Waals surface area contributed by atoms with Crippen molar-refractivity contribution in [3.63, 3.8) is 0 Å². The first-order valence-corrected chi connectivity index (χ1v) is 7.72. The number of nitrogens with zero attached hydrogens (tertiary/aromatic N) is 1. The van der Waals surface area contributed by atoms with Crippen molar-refractivity contribution in [3.05, 3.63) is 29.8 Å². The van der Waals surface area contributed by atoms with E-state index < -0.39 is 32.4 Å². The van der Waals surface area contributed by atoms with Gasteiger partial charge in [-0.15, -0.1) is 0 Å². The number of nitriles is 1. The molecule has 1 saturated carbocycles. The highest BCUT2D eigenvalue weighted by atomic mass is 32.2. The van der Waals surface area contributed by atoms with Crippen molar-refractivity contribution >= 4 is 15.8 Å². The summed E-state index contributed by atoms with van der Waals surface area (Å²) in [5, 5.41) is 17.2. The molecule has 1 fully saturated rings. The monoisotopic (exact) mass is 295 g/mol. The van der Waals surface area contributed by atoms with Gasteiger partial charge in [0.05, 0.1) is 13.2 Å². The van der Waals surface area contributed by atoms with Crippen LogP contribution in [0.2, 0.25) is 0 Å². The molecule has 0 amide bonds. The Bertz CT molecular complexity index is 688. The topological polar surface area (TPSA) is 104 Å². The summed E-state index contributed by atoms with van der Waals surface area (Å²) < 4.78 is 28.5. The summed E-state index contributed by atoms with van der Waals surface area (Å²) >= 11 is 0. The molecule has 20 heavy (non-hydrogen) atoms. The molecule has 3 unspecified atom stereocenters. The van der Waals surface area contributed by atoms with Crippen molar-refractivity contribution in [1.29, 1.82) is 5.26 Å². The lowest BCUT2D eigenvalue weighted by atomic mass is 10.0. The summed E-state index contributed by atoms with van der Waals surface area (Å²) in [5.41, 5.74) is -1.40. The van der Waals surface area contributed by atoms with Gasteiger partial charge in [-0.1, -0.05) is 12.1 Å². The van der Waals surface area contributed by atoms with Crippen molar-refractivity contribution in [2.75, 3.05) is 13.4 Å². The van der Waals surface area contributed by atoms with E-state index in [1.54, 1.807) is 30.3 Å². The third-order valence-electron chi connectivity index (χ3n) is 3.61. The summed E-state index contributed by atoms with van der Waals surface area (Å²) in [6.45, 7) is 0. The second-order valence-electron chi connectivity index (χ2n) is 4.79. The SMILES string of the molecule is COc1ccc(C2C(S(C)(=O)=O)C2(C#N)C(=O)O)cc1. The second kappa shape index (κ2) is 4.49. The Balaban J connectivity index is 2.49. The van der Waals surface area contributed by atoms with E-state index in [0.717, 1.165) is 6.26 Å². The van der Waals surface area contributed by atoms with Crippen molar-refractivity contribution in [2.24, 2.45) is 5.41 Å². The molecule has 2 rings (SSSR count). The van der Waals surface area contributed by atoms with Crippen molar-refractivity contribution in [2.45, 2.75) is 11.2 Å². The van der Waals surface area contributed by atoms with Gasteiger partial charge in [0.1, 0.15) is 11.0 Å². The molecule has 0 spiro atoms. The Labute approximate surface area is 116 Å². The van der Waals surface area contributed by atoms with Gasteiger partial charge in [-0.2, -0.15) is 5.26 Å². The molecule has 6 nitrogen and oxygen atoms in total. The minimum absolute atomic E-state index is 0.505. The Morgan fingerprint density at radius 2 is 1.95 bits per heavy atom. The standard InChI is InChI=1S/C13H13NO5S/c1-19-9-5-3-8(4-6-9)10-11(20(2,17)18)13(10,7-14)12(15)16/h3-6,10-11H,1-2H3,(H,15,16). The molecule has 0 radical (unpaired) electrons. The van der Waals surface area contributed by atoms with Gasteiger partial charge >= 0.3 is 5.97 Å². The number of methoxy groups -OCH3 is 1.